The molecule has 3 rings (SSSR count). The van der Waals surface area contributed by atoms with E-state index in [2.05, 4.69) is 5.32 Å². The first-order chi connectivity index (χ1) is 15.4. The van der Waals surface area contributed by atoms with Crippen LogP contribution in [0.2, 0.25) is 0 Å². The van der Waals surface area contributed by atoms with E-state index in [0.717, 1.165) is 15.4 Å². The first-order valence-corrected chi connectivity index (χ1v) is 11.5. The zero-order valence-corrected chi connectivity index (χ0v) is 18.7. The minimum absolute atomic E-state index is 0.0425. The van der Waals surface area contributed by atoms with Crippen molar-refractivity contribution < 1.29 is 28.1 Å². The van der Waals surface area contributed by atoms with Crippen molar-refractivity contribution in [3.63, 3.8) is 0 Å². The van der Waals surface area contributed by atoms with E-state index < -0.39 is 41.0 Å². The summed E-state index contributed by atoms with van der Waals surface area (Å²) in [5, 5.41) is 2.45. The van der Waals surface area contributed by atoms with Crippen LogP contribution in [-0.2, 0) is 43.3 Å². The number of benzene rings is 2. The van der Waals surface area contributed by atoms with Gasteiger partial charge in [-0.25, -0.2) is 18.1 Å². The Balaban J connectivity index is 1.60. The molecule has 1 saturated heterocycles. The van der Waals surface area contributed by atoms with Gasteiger partial charge in [0.15, 0.2) is 0 Å². The molecule has 1 N–H and O–H groups in total. The van der Waals surface area contributed by atoms with Gasteiger partial charge in [0.05, 0.1) is 5.75 Å². The maximum atomic E-state index is 12.9. The number of ether oxygens (including phenoxy) is 2. The van der Waals surface area contributed by atoms with Crippen LogP contribution in [0.4, 0.5) is 4.79 Å². The average Bonchev–Trinajstić information content (AvgIpc) is 3.05. The van der Waals surface area contributed by atoms with E-state index in [-0.39, 0.29) is 24.9 Å². The predicted molar refractivity (Wildman–Crippen MR) is 118 cm³/mol. The van der Waals surface area contributed by atoms with Gasteiger partial charge < -0.3 is 14.8 Å². The Morgan fingerprint density at radius 1 is 1.00 bits per heavy atom. The van der Waals surface area contributed by atoms with Crippen molar-refractivity contribution >= 4 is 29.0 Å². The number of rotatable bonds is 8. The SMILES string of the molecule is CC(C)[C@H](C(=O)OCc1ccccc1)N1C(=O)[C@@H](NC(=O)OCc2ccccc2)CS1=O. The lowest BCUT2D eigenvalue weighted by Gasteiger charge is -2.27. The fourth-order valence-corrected chi connectivity index (χ4v) is 4.86. The largest absolute Gasteiger partial charge is 0.459 e. The molecule has 0 radical (unpaired) electrons. The Morgan fingerprint density at radius 2 is 1.53 bits per heavy atom. The van der Waals surface area contributed by atoms with Gasteiger partial charge in [0, 0.05) is 0 Å². The first-order valence-electron chi connectivity index (χ1n) is 10.3. The second-order valence-corrected chi connectivity index (χ2v) is 9.06. The predicted octanol–water partition coefficient (Wildman–Crippen LogP) is 2.56. The van der Waals surface area contributed by atoms with Crippen LogP contribution < -0.4 is 5.32 Å². The molecule has 0 aromatic heterocycles. The molecular weight excluding hydrogens is 432 g/mol. The van der Waals surface area contributed by atoms with Crippen molar-refractivity contribution in [1.29, 1.82) is 0 Å². The highest BCUT2D eigenvalue weighted by Gasteiger charge is 2.46. The molecular formula is C23H26N2O6S. The Bertz CT molecular complexity index is 967. The molecule has 2 amide bonds. The number of hydrogen-bond donors (Lipinski definition) is 1. The van der Waals surface area contributed by atoms with Crippen LogP contribution in [0.15, 0.2) is 60.7 Å². The quantitative estimate of drug-likeness (QED) is 0.610. The number of nitrogens with one attached hydrogen (secondary N) is 1. The molecule has 3 atom stereocenters. The Kier molecular flexibility index (Phi) is 7.99. The first kappa shape index (κ1) is 23.5. The molecule has 0 saturated carbocycles. The number of esters is 1. The summed E-state index contributed by atoms with van der Waals surface area (Å²) in [4.78, 5) is 37.8. The van der Waals surface area contributed by atoms with Crippen LogP contribution in [0.1, 0.15) is 25.0 Å². The van der Waals surface area contributed by atoms with Crippen molar-refractivity contribution in [1.82, 2.24) is 9.62 Å². The Morgan fingerprint density at radius 3 is 2.06 bits per heavy atom. The standard InChI is InChI=1S/C23H26N2O6S/c1-16(2)20(22(27)30-13-17-9-5-3-6-10-17)25-21(26)19(15-32(25)29)24-23(28)31-14-18-11-7-4-8-12-18/h3-12,16,19-20H,13-15H2,1-2H3,(H,24,28)/t19-,20+,32?/m0/s1. The normalized spacial score (nSPS) is 19.0. The van der Waals surface area contributed by atoms with Gasteiger partial charge in [0.2, 0.25) is 0 Å². The van der Waals surface area contributed by atoms with E-state index in [1.807, 2.05) is 48.5 Å². The number of amides is 2. The second kappa shape index (κ2) is 10.9. The van der Waals surface area contributed by atoms with Gasteiger partial charge >= 0.3 is 12.1 Å². The summed E-state index contributed by atoms with van der Waals surface area (Å²) >= 11 is 0. The molecule has 1 fully saturated rings. The minimum atomic E-state index is -1.78. The number of alkyl carbamates (subject to hydrolysis) is 1. The zero-order valence-electron chi connectivity index (χ0n) is 17.9. The molecule has 2 aromatic rings. The summed E-state index contributed by atoms with van der Waals surface area (Å²) in [5.41, 5.74) is 1.60. The molecule has 32 heavy (non-hydrogen) atoms. The zero-order chi connectivity index (χ0) is 23.1. The van der Waals surface area contributed by atoms with Crippen molar-refractivity contribution in [2.24, 2.45) is 5.92 Å². The molecule has 2 aromatic carbocycles. The topological polar surface area (TPSA) is 102 Å². The summed E-state index contributed by atoms with van der Waals surface area (Å²) in [7, 11) is -1.78. The molecule has 0 spiro atoms. The highest BCUT2D eigenvalue weighted by molar-refractivity contribution is 7.83. The van der Waals surface area contributed by atoms with Crippen molar-refractivity contribution in [3.8, 4) is 0 Å². The molecule has 1 unspecified atom stereocenters. The molecule has 8 nitrogen and oxygen atoms in total. The molecule has 1 heterocycles. The maximum Gasteiger partial charge on any atom is 0.408 e. The van der Waals surface area contributed by atoms with Gasteiger partial charge in [0.25, 0.3) is 5.91 Å². The minimum Gasteiger partial charge on any atom is -0.459 e. The number of nitrogens with zero attached hydrogens (tertiary/aromatic N) is 1. The molecule has 0 aliphatic carbocycles. The summed E-state index contributed by atoms with van der Waals surface area (Å²) in [6, 6.07) is 16.2. The van der Waals surface area contributed by atoms with E-state index in [1.165, 1.54) is 0 Å². The van der Waals surface area contributed by atoms with Crippen LogP contribution in [0.3, 0.4) is 0 Å². The Labute approximate surface area is 189 Å². The summed E-state index contributed by atoms with van der Waals surface area (Å²) < 4.78 is 24.2. The fourth-order valence-electron chi connectivity index (χ4n) is 3.28. The maximum absolute atomic E-state index is 12.9. The van der Waals surface area contributed by atoms with Gasteiger partial charge in [-0.3, -0.25) is 4.79 Å². The molecule has 170 valence electrons. The van der Waals surface area contributed by atoms with E-state index in [9.17, 15) is 18.6 Å². The summed E-state index contributed by atoms with van der Waals surface area (Å²) in [5.74, 6) is -1.71. The van der Waals surface area contributed by atoms with Gasteiger partial charge in [-0.2, -0.15) is 0 Å². The Hall–Kier alpha value is -3.20. The van der Waals surface area contributed by atoms with Gasteiger partial charge in [-0.05, 0) is 17.0 Å². The summed E-state index contributed by atoms with van der Waals surface area (Å²) in [6.45, 7) is 3.58. The van der Waals surface area contributed by atoms with Crippen LogP contribution in [0, 0.1) is 5.92 Å². The lowest BCUT2D eigenvalue weighted by atomic mass is 10.0. The second-order valence-electron chi connectivity index (χ2n) is 7.69. The smallest absolute Gasteiger partial charge is 0.408 e. The summed E-state index contributed by atoms with van der Waals surface area (Å²) in [6.07, 6.45) is -0.793. The third-order valence-corrected chi connectivity index (χ3v) is 6.36. The van der Waals surface area contributed by atoms with Gasteiger partial charge in [-0.1, -0.05) is 74.5 Å². The van der Waals surface area contributed by atoms with E-state index in [1.54, 1.807) is 26.0 Å². The van der Waals surface area contributed by atoms with E-state index in [0.29, 0.717) is 0 Å². The van der Waals surface area contributed by atoms with Crippen LogP contribution in [0.25, 0.3) is 0 Å². The van der Waals surface area contributed by atoms with E-state index in [4.69, 9.17) is 9.47 Å². The van der Waals surface area contributed by atoms with Crippen molar-refractivity contribution in [2.75, 3.05) is 5.75 Å². The van der Waals surface area contributed by atoms with E-state index >= 15 is 0 Å². The third kappa shape index (κ3) is 5.94. The lowest BCUT2D eigenvalue weighted by molar-refractivity contribution is -0.154. The highest BCUT2D eigenvalue weighted by Crippen LogP contribution is 2.23. The molecule has 1 aliphatic heterocycles. The highest BCUT2D eigenvalue weighted by atomic mass is 32.2. The monoisotopic (exact) mass is 458 g/mol. The van der Waals surface area contributed by atoms with Crippen molar-refractivity contribution in [3.05, 3.63) is 71.8 Å². The van der Waals surface area contributed by atoms with Crippen LogP contribution in [0.5, 0.6) is 0 Å². The van der Waals surface area contributed by atoms with Crippen molar-refractivity contribution in [2.45, 2.75) is 39.1 Å². The number of carbonyl (C=O) groups excluding carboxylic acids is 3. The number of carbonyl (C=O) groups is 3. The molecule has 0 bridgehead atoms. The lowest BCUT2D eigenvalue weighted by Crippen LogP contribution is -2.50. The fraction of sp³-hybridized carbons (Fsp3) is 0.348. The third-order valence-electron chi connectivity index (χ3n) is 4.90. The molecule has 9 heteroatoms. The molecule has 1 aliphatic rings. The van der Waals surface area contributed by atoms with Crippen LogP contribution in [-0.4, -0.2) is 44.3 Å². The average molecular weight is 459 g/mol. The van der Waals surface area contributed by atoms with Gasteiger partial charge in [0.1, 0.15) is 36.3 Å². The van der Waals surface area contributed by atoms with Crippen LogP contribution >= 0.6 is 0 Å². The van der Waals surface area contributed by atoms with Gasteiger partial charge in [-0.15, -0.1) is 0 Å². The number of hydrogen-bond acceptors (Lipinski definition) is 6.